The molecule has 1 aromatic carbocycles. The summed E-state index contributed by atoms with van der Waals surface area (Å²) in [5, 5.41) is 6.04. The van der Waals surface area contributed by atoms with E-state index in [0.717, 1.165) is 22.9 Å². The van der Waals surface area contributed by atoms with Crippen molar-refractivity contribution in [2.75, 3.05) is 25.6 Å². The van der Waals surface area contributed by atoms with Gasteiger partial charge in [0.15, 0.2) is 0 Å². The highest BCUT2D eigenvalue weighted by Gasteiger charge is 2.08. The number of nitrogens with one attached hydrogen (secondary N) is 2. The van der Waals surface area contributed by atoms with E-state index in [-0.39, 0.29) is 5.91 Å². The van der Waals surface area contributed by atoms with Gasteiger partial charge in [-0.15, -0.1) is 0 Å². The fourth-order valence-corrected chi connectivity index (χ4v) is 2.46. The Morgan fingerprint density at radius 1 is 1.00 bits per heavy atom. The molecule has 2 N–H and O–H groups in total. The SMILES string of the molecule is COc1ccc(OCCNc2ccnc(C(=O)NCc3ccccn3)c2)cc1. The summed E-state index contributed by atoms with van der Waals surface area (Å²) in [6, 6.07) is 16.5. The number of carbonyl (C=O) groups excluding carboxylic acids is 1. The number of anilines is 1. The molecule has 144 valence electrons. The summed E-state index contributed by atoms with van der Waals surface area (Å²) in [4.78, 5) is 20.6. The zero-order valence-corrected chi connectivity index (χ0v) is 15.6. The summed E-state index contributed by atoms with van der Waals surface area (Å²) in [6.45, 7) is 1.43. The molecule has 7 nitrogen and oxygen atoms in total. The molecule has 0 saturated heterocycles. The van der Waals surface area contributed by atoms with E-state index in [1.165, 1.54) is 0 Å². The fraction of sp³-hybridized carbons (Fsp3) is 0.190. The molecule has 0 aliphatic carbocycles. The number of hydrogen-bond acceptors (Lipinski definition) is 6. The van der Waals surface area contributed by atoms with Gasteiger partial charge < -0.3 is 20.1 Å². The average molecular weight is 378 g/mol. The highest BCUT2D eigenvalue weighted by atomic mass is 16.5. The quantitative estimate of drug-likeness (QED) is 0.557. The van der Waals surface area contributed by atoms with E-state index < -0.39 is 0 Å². The number of benzene rings is 1. The Hall–Kier alpha value is -3.61. The molecule has 7 heteroatoms. The van der Waals surface area contributed by atoms with Crippen molar-refractivity contribution < 1.29 is 14.3 Å². The van der Waals surface area contributed by atoms with Crippen molar-refractivity contribution in [2.45, 2.75) is 6.54 Å². The number of carbonyl (C=O) groups is 1. The molecule has 2 aromatic heterocycles. The molecule has 0 bridgehead atoms. The minimum Gasteiger partial charge on any atom is -0.497 e. The van der Waals surface area contributed by atoms with Gasteiger partial charge in [0.05, 0.1) is 19.3 Å². The first-order valence-corrected chi connectivity index (χ1v) is 8.89. The maximum absolute atomic E-state index is 12.3. The lowest BCUT2D eigenvalue weighted by Gasteiger charge is -2.10. The fourth-order valence-electron chi connectivity index (χ4n) is 2.46. The largest absolute Gasteiger partial charge is 0.497 e. The molecule has 0 aliphatic heterocycles. The van der Waals surface area contributed by atoms with Gasteiger partial charge in [0, 0.05) is 24.6 Å². The van der Waals surface area contributed by atoms with Crippen molar-refractivity contribution in [3.63, 3.8) is 0 Å². The number of aromatic nitrogens is 2. The number of pyridine rings is 2. The number of ether oxygens (including phenoxy) is 2. The molecule has 0 fully saturated rings. The second-order valence-corrected chi connectivity index (χ2v) is 5.88. The summed E-state index contributed by atoms with van der Waals surface area (Å²) < 4.78 is 10.8. The van der Waals surface area contributed by atoms with Gasteiger partial charge in [0.25, 0.3) is 5.91 Å². The van der Waals surface area contributed by atoms with E-state index in [1.807, 2.05) is 48.5 Å². The van der Waals surface area contributed by atoms with Crippen molar-refractivity contribution in [1.82, 2.24) is 15.3 Å². The van der Waals surface area contributed by atoms with Gasteiger partial charge in [0.2, 0.25) is 0 Å². The Morgan fingerprint density at radius 2 is 1.82 bits per heavy atom. The lowest BCUT2D eigenvalue weighted by atomic mass is 10.3. The van der Waals surface area contributed by atoms with Gasteiger partial charge in [-0.25, -0.2) is 0 Å². The van der Waals surface area contributed by atoms with Crippen LogP contribution in [0.3, 0.4) is 0 Å². The van der Waals surface area contributed by atoms with Crippen LogP contribution in [0.5, 0.6) is 11.5 Å². The molecular formula is C21H22N4O3. The Labute approximate surface area is 163 Å². The van der Waals surface area contributed by atoms with Crippen molar-refractivity contribution in [3.05, 3.63) is 78.4 Å². The van der Waals surface area contributed by atoms with Crippen molar-refractivity contribution >= 4 is 11.6 Å². The van der Waals surface area contributed by atoms with Crippen molar-refractivity contribution in [1.29, 1.82) is 0 Å². The Balaban J connectivity index is 1.45. The van der Waals surface area contributed by atoms with Crippen LogP contribution in [0.15, 0.2) is 67.0 Å². The third kappa shape index (κ3) is 5.70. The summed E-state index contributed by atoms with van der Waals surface area (Å²) in [5.41, 5.74) is 1.94. The minimum absolute atomic E-state index is 0.246. The van der Waals surface area contributed by atoms with E-state index in [0.29, 0.717) is 25.4 Å². The Bertz CT molecular complexity index is 886. The maximum atomic E-state index is 12.3. The van der Waals surface area contributed by atoms with Crippen LogP contribution < -0.4 is 20.1 Å². The van der Waals surface area contributed by atoms with Gasteiger partial charge >= 0.3 is 0 Å². The molecule has 0 saturated carbocycles. The van der Waals surface area contributed by atoms with Crippen LogP contribution in [-0.4, -0.2) is 36.1 Å². The van der Waals surface area contributed by atoms with E-state index in [9.17, 15) is 4.79 Å². The number of nitrogens with zero attached hydrogens (tertiary/aromatic N) is 2. The van der Waals surface area contributed by atoms with Gasteiger partial charge in [-0.2, -0.15) is 0 Å². The third-order valence-electron chi connectivity index (χ3n) is 3.91. The first-order chi connectivity index (χ1) is 13.7. The van der Waals surface area contributed by atoms with Gasteiger partial charge in [-0.3, -0.25) is 14.8 Å². The second-order valence-electron chi connectivity index (χ2n) is 5.88. The lowest BCUT2D eigenvalue weighted by molar-refractivity contribution is 0.0945. The molecule has 2 heterocycles. The predicted octanol–water partition coefficient (Wildman–Crippen LogP) is 2.91. The van der Waals surface area contributed by atoms with Crippen LogP contribution in [-0.2, 0) is 6.54 Å². The molecular weight excluding hydrogens is 356 g/mol. The van der Waals surface area contributed by atoms with E-state index >= 15 is 0 Å². The zero-order valence-electron chi connectivity index (χ0n) is 15.6. The second kappa shape index (κ2) is 9.91. The van der Waals surface area contributed by atoms with Crippen LogP contribution in [0.2, 0.25) is 0 Å². The summed E-state index contributed by atoms with van der Waals surface area (Å²) >= 11 is 0. The van der Waals surface area contributed by atoms with Gasteiger partial charge in [-0.05, 0) is 48.5 Å². The van der Waals surface area contributed by atoms with Gasteiger partial charge in [-0.1, -0.05) is 6.07 Å². The third-order valence-corrected chi connectivity index (χ3v) is 3.91. The molecule has 0 unspecified atom stereocenters. The molecule has 0 spiro atoms. The monoisotopic (exact) mass is 378 g/mol. The lowest BCUT2D eigenvalue weighted by Crippen LogP contribution is -2.24. The summed E-state index contributed by atoms with van der Waals surface area (Å²) in [6.07, 6.45) is 3.29. The zero-order chi connectivity index (χ0) is 19.6. The van der Waals surface area contributed by atoms with E-state index in [4.69, 9.17) is 9.47 Å². The molecule has 0 aliphatic rings. The number of methoxy groups -OCH3 is 1. The summed E-state index contributed by atoms with van der Waals surface area (Å²) in [5.74, 6) is 1.31. The number of hydrogen-bond donors (Lipinski definition) is 2. The van der Waals surface area contributed by atoms with E-state index in [1.54, 1.807) is 25.6 Å². The first kappa shape index (κ1) is 19.2. The summed E-state index contributed by atoms with van der Waals surface area (Å²) in [7, 11) is 1.63. The molecule has 3 rings (SSSR count). The predicted molar refractivity (Wildman–Crippen MR) is 107 cm³/mol. The van der Waals surface area contributed by atoms with Crippen LogP contribution in [0.1, 0.15) is 16.2 Å². The smallest absolute Gasteiger partial charge is 0.270 e. The van der Waals surface area contributed by atoms with Crippen LogP contribution in [0.25, 0.3) is 0 Å². The van der Waals surface area contributed by atoms with Crippen molar-refractivity contribution in [3.8, 4) is 11.5 Å². The van der Waals surface area contributed by atoms with Crippen LogP contribution in [0, 0.1) is 0 Å². The maximum Gasteiger partial charge on any atom is 0.270 e. The normalized spacial score (nSPS) is 10.2. The topological polar surface area (TPSA) is 85.4 Å². The molecule has 0 radical (unpaired) electrons. The standard InChI is InChI=1S/C21H22N4O3/c1-27-18-5-7-19(8-6-18)28-13-12-23-16-9-11-24-20(14-16)21(26)25-15-17-4-2-3-10-22-17/h2-11,14H,12-13,15H2,1H3,(H,23,24)(H,25,26). The van der Waals surface area contributed by atoms with E-state index in [2.05, 4.69) is 20.6 Å². The Morgan fingerprint density at radius 3 is 2.57 bits per heavy atom. The first-order valence-electron chi connectivity index (χ1n) is 8.89. The highest BCUT2D eigenvalue weighted by Crippen LogP contribution is 2.17. The van der Waals surface area contributed by atoms with Gasteiger partial charge in [0.1, 0.15) is 23.8 Å². The number of rotatable bonds is 9. The molecule has 1 amide bonds. The number of amides is 1. The average Bonchev–Trinajstić information content (AvgIpc) is 2.76. The molecule has 28 heavy (non-hydrogen) atoms. The molecule has 0 atom stereocenters. The van der Waals surface area contributed by atoms with Crippen molar-refractivity contribution in [2.24, 2.45) is 0 Å². The van der Waals surface area contributed by atoms with Crippen LogP contribution in [0.4, 0.5) is 5.69 Å². The highest BCUT2D eigenvalue weighted by molar-refractivity contribution is 5.93. The Kier molecular flexibility index (Phi) is 6.78. The molecule has 3 aromatic rings. The minimum atomic E-state index is -0.246. The van der Waals surface area contributed by atoms with Crippen LogP contribution >= 0.6 is 0 Å².